The summed E-state index contributed by atoms with van der Waals surface area (Å²) >= 11 is 0. The van der Waals surface area contributed by atoms with E-state index in [-0.39, 0.29) is 42.3 Å². The van der Waals surface area contributed by atoms with Crippen molar-refractivity contribution in [3.8, 4) is 17.4 Å². The molecule has 1 aromatic carbocycles. The predicted octanol–water partition coefficient (Wildman–Crippen LogP) is 4.90. The highest BCUT2D eigenvalue weighted by molar-refractivity contribution is 5.92. The van der Waals surface area contributed by atoms with Gasteiger partial charge >= 0.3 is 6.09 Å². The van der Waals surface area contributed by atoms with Gasteiger partial charge in [-0.15, -0.1) is 0 Å². The van der Waals surface area contributed by atoms with Crippen molar-refractivity contribution in [2.24, 2.45) is 11.8 Å². The van der Waals surface area contributed by atoms with Crippen molar-refractivity contribution in [1.82, 2.24) is 14.7 Å². The molecule has 3 aliphatic rings. The van der Waals surface area contributed by atoms with Crippen LogP contribution < -0.4 is 0 Å². The van der Waals surface area contributed by atoms with Crippen molar-refractivity contribution in [1.29, 1.82) is 5.26 Å². The fourth-order valence-corrected chi connectivity index (χ4v) is 6.41. The smallest absolute Gasteiger partial charge is 0.411 e. The van der Waals surface area contributed by atoms with Gasteiger partial charge in [0.25, 0.3) is 5.91 Å². The first-order chi connectivity index (χ1) is 19.9. The minimum absolute atomic E-state index is 0.0247. The first-order valence-corrected chi connectivity index (χ1v) is 14.7. The average Bonchev–Trinajstić information content (AvgIpc) is 3.69. The Morgan fingerprint density at radius 1 is 1.12 bits per heavy atom. The number of ketones is 1. The lowest BCUT2D eigenvalue weighted by Gasteiger charge is -2.35. The summed E-state index contributed by atoms with van der Waals surface area (Å²) in [5.74, 6) is -0.968. The number of fused-ring (bicyclic) bond motifs is 2. The summed E-state index contributed by atoms with van der Waals surface area (Å²) in [4.78, 5) is 44.7. The zero-order valence-electron chi connectivity index (χ0n) is 24.8. The van der Waals surface area contributed by atoms with Crippen molar-refractivity contribution in [3.63, 3.8) is 0 Å². The molecule has 10 heteroatoms. The molecule has 1 saturated carbocycles. The molecule has 2 aromatic rings. The van der Waals surface area contributed by atoms with Crippen LogP contribution in [0.25, 0.3) is 11.3 Å². The van der Waals surface area contributed by atoms with Crippen LogP contribution in [0.5, 0.6) is 0 Å². The summed E-state index contributed by atoms with van der Waals surface area (Å²) in [5, 5.41) is 9.86. The Morgan fingerprint density at radius 3 is 2.52 bits per heavy atom. The van der Waals surface area contributed by atoms with E-state index in [1.165, 1.54) is 6.07 Å². The summed E-state index contributed by atoms with van der Waals surface area (Å²) < 4.78 is 26.6. The second-order valence-electron chi connectivity index (χ2n) is 12.8. The van der Waals surface area contributed by atoms with E-state index in [1.54, 1.807) is 54.8 Å². The molecular formula is C32H39FN4O5. The number of benzene rings is 1. The zero-order chi connectivity index (χ0) is 30.2. The molecular weight excluding hydrogens is 539 g/mol. The van der Waals surface area contributed by atoms with Gasteiger partial charge in [-0.05, 0) is 83.2 Å². The van der Waals surface area contributed by atoms with Gasteiger partial charge in [0.15, 0.2) is 11.5 Å². The predicted molar refractivity (Wildman–Crippen MR) is 153 cm³/mol. The molecule has 4 atom stereocenters. The fraction of sp³-hybridized carbons (Fsp3) is 0.562. The van der Waals surface area contributed by atoms with Gasteiger partial charge in [-0.3, -0.25) is 14.5 Å². The van der Waals surface area contributed by atoms with Gasteiger partial charge in [-0.2, -0.15) is 5.26 Å². The Bertz CT molecular complexity index is 1380. The van der Waals surface area contributed by atoms with E-state index >= 15 is 4.39 Å². The van der Waals surface area contributed by atoms with E-state index in [0.29, 0.717) is 30.0 Å². The van der Waals surface area contributed by atoms with Crippen LogP contribution in [0.15, 0.2) is 34.7 Å². The third-order valence-corrected chi connectivity index (χ3v) is 8.56. The summed E-state index contributed by atoms with van der Waals surface area (Å²) in [6, 6.07) is 9.41. The van der Waals surface area contributed by atoms with Gasteiger partial charge < -0.3 is 19.0 Å². The van der Waals surface area contributed by atoms with E-state index in [1.807, 2.05) is 7.05 Å². The van der Waals surface area contributed by atoms with Crippen molar-refractivity contribution in [3.05, 3.63) is 47.5 Å². The van der Waals surface area contributed by atoms with Gasteiger partial charge in [0.05, 0.1) is 18.0 Å². The number of nitrogens with zero attached hydrogens (tertiary/aromatic N) is 4. The second-order valence-corrected chi connectivity index (χ2v) is 12.8. The van der Waals surface area contributed by atoms with Crippen molar-refractivity contribution in [2.45, 2.75) is 70.6 Å². The summed E-state index contributed by atoms with van der Waals surface area (Å²) in [7, 11) is 2.01. The molecule has 2 bridgehead atoms. The van der Waals surface area contributed by atoms with Crippen LogP contribution in [-0.2, 0) is 16.0 Å². The van der Waals surface area contributed by atoms with Crippen molar-refractivity contribution < 1.29 is 27.9 Å². The molecule has 1 aromatic heterocycles. The topological polar surface area (TPSA) is 107 Å². The number of Topliss-reactive ketones (excluding diaryl/α,β-unsaturated/α-hetero) is 1. The molecule has 9 nitrogen and oxygen atoms in total. The summed E-state index contributed by atoms with van der Waals surface area (Å²) in [6.07, 6.45) is 1.97. The molecule has 5 rings (SSSR count). The number of halogens is 1. The number of carbonyl (C=O) groups excluding carboxylic acids is 3. The Hall–Kier alpha value is -3.71. The van der Waals surface area contributed by atoms with Gasteiger partial charge in [0.1, 0.15) is 17.2 Å². The maximum absolute atomic E-state index is 15.2. The van der Waals surface area contributed by atoms with Crippen LogP contribution in [0.4, 0.5) is 9.18 Å². The number of hydrogen-bond donors (Lipinski definition) is 0. The molecule has 0 spiro atoms. The number of carbonyl (C=O) groups is 3. The lowest BCUT2D eigenvalue weighted by Crippen LogP contribution is -2.51. The molecule has 2 aliphatic heterocycles. The number of hydrogen-bond acceptors (Lipinski definition) is 7. The Labute approximate surface area is 246 Å². The van der Waals surface area contributed by atoms with Crippen molar-refractivity contribution in [2.75, 3.05) is 33.2 Å². The summed E-state index contributed by atoms with van der Waals surface area (Å²) in [6.45, 7) is 8.22. The standard InChI is InChI=1S/C32H39FN4O5/c1-32(2,3)42-31(40)37-24-8-7-23(17-24)29(37)26(38)16-20(19-34)15-21-5-6-22(18-25(21)33)27-9-10-28(41-27)30(39)36-13-11-35(4)12-14-36/h5-6,9-10,18,20,23-24,29H,7-8,11-17H2,1-4H3/t20-,23+,24-,29+/m1/s1. The molecule has 3 heterocycles. The Morgan fingerprint density at radius 2 is 1.86 bits per heavy atom. The zero-order valence-corrected chi connectivity index (χ0v) is 24.8. The van der Waals surface area contributed by atoms with Crippen molar-refractivity contribution >= 4 is 17.8 Å². The minimum Gasteiger partial charge on any atom is -0.451 e. The maximum atomic E-state index is 15.2. The first kappa shape index (κ1) is 29.8. The first-order valence-electron chi connectivity index (χ1n) is 14.7. The lowest BCUT2D eigenvalue weighted by molar-refractivity contribution is -0.126. The maximum Gasteiger partial charge on any atom is 0.411 e. The third kappa shape index (κ3) is 6.36. The average molecular weight is 579 g/mol. The minimum atomic E-state index is -0.742. The highest BCUT2D eigenvalue weighted by atomic mass is 19.1. The van der Waals surface area contributed by atoms with Crippen LogP contribution in [0.1, 0.15) is 62.6 Å². The Balaban J connectivity index is 1.23. The monoisotopic (exact) mass is 578 g/mol. The van der Waals surface area contributed by atoms with Crippen LogP contribution >= 0.6 is 0 Å². The number of likely N-dealkylation sites (tertiary alicyclic amines) is 1. The van der Waals surface area contributed by atoms with E-state index < -0.39 is 29.5 Å². The Kier molecular flexibility index (Phi) is 8.42. The quantitative estimate of drug-likeness (QED) is 0.460. The molecule has 2 saturated heterocycles. The SMILES string of the molecule is CN1CCN(C(=O)c2ccc(-c3ccc(C[C@@H](C#N)CC(=O)[C@@H]4[C@H]5CC[C@H](C5)N4C(=O)OC(C)(C)C)c(F)c3)o2)CC1. The third-order valence-electron chi connectivity index (χ3n) is 8.56. The molecule has 1 aliphatic carbocycles. The van der Waals surface area contributed by atoms with E-state index in [2.05, 4.69) is 11.0 Å². The normalized spacial score (nSPS) is 23.1. The van der Waals surface area contributed by atoms with E-state index in [9.17, 15) is 19.6 Å². The number of ether oxygens (including phenoxy) is 1. The van der Waals surface area contributed by atoms with Crippen LogP contribution in [-0.4, -0.2) is 83.4 Å². The van der Waals surface area contributed by atoms with Gasteiger partial charge in [-0.1, -0.05) is 12.1 Å². The van der Waals surface area contributed by atoms with E-state index in [0.717, 1.165) is 32.4 Å². The van der Waals surface area contributed by atoms with Crippen LogP contribution in [0.2, 0.25) is 0 Å². The summed E-state index contributed by atoms with van der Waals surface area (Å²) in [5.41, 5.74) is 0.117. The number of amides is 2. The number of piperazine rings is 1. The van der Waals surface area contributed by atoms with Gasteiger partial charge in [0.2, 0.25) is 0 Å². The number of nitriles is 1. The number of piperidine rings is 1. The lowest BCUT2D eigenvalue weighted by atomic mass is 9.87. The van der Waals surface area contributed by atoms with Crippen LogP contribution in [0, 0.1) is 29.0 Å². The second kappa shape index (κ2) is 11.9. The van der Waals surface area contributed by atoms with Gasteiger partial charge in [0, 0.05) is 44.2 Å². The number of likely N-dealkylation sites (N-methyl/N-ethyl adjacent to an activating group) is 1. The molecule has 3 fully saturated rings. The highest BCUT2D eigenvalue weighted by Crippen LogP contribution is 2.44. The molecule has 0 radical (unpaired) electrons. The largest absolute Gasteiger partial charge is 0.451 e. The molecule has 0 N–H and O–H groups in total. The number of rotatable bonds is 7. The highest BCUT2D eigenvalue weighted by Gasteiger charge is 2.52. The molecule has 0 unspecified atom stereocenters. The molecule has 2 amide bonds. The number of furan rings is 1. The molecule has 42 heavy (non-hydrogen) atoms. The van der Waals surface area contributed by atoms with Gasteiger partial charge in [-0.25, -0.2) is 9.18 Å². The van der Waals surface area contributed by atoms with E-state index in [4.69, 9.17) is 9.15 Å². The molecule has 224 valence electrons. The van der Waals surface area contributed by atoms with Crippen LogP contribution in [0.3, 0.4) is 0 Å². The fourth-order valence-electron chi connectivity index (χ4n) is 6.41.